The second-order valence-corrected chi connectivity index (χ2v) is 6.03. The van der Waals surface area contributed by atoms with Gasteiger partial charge in [-0.25, -0.2) is 4.79 Å². The van der Waals surface area contributed by atoms with Crippen molar-refractivity contribution in [3.63, 3.8) is 0 Å². The number of nitrogens with one attached hydrogen (secondary N) is 1. The van der Waals surface area contributed by atoms with Crippen molar-refractivity contribution in [3.8, 4) is 0 Å². The molecule has 0 unspecified atom stereocenters. The molecule has 0 radical (unpaired) electrons. The van der Waals surface area contributed by atoms with Crippen molar-refractivity contribution in [2.75, 3.05) is 19.7 Å². The summed E-state index contributed by atoms with van der Waals surface area (Å²) >= 11 is 0. The summed E-state index contributed by atoms with van der Waals surface area (Å²) in [6.45, 7) is 1.56. The fourth-order valence-corrected chi connectivity index (χ4v) is 3.06. The van der Waals surface area contributed by atoms with Gasteiger partial charge in [-0.05, 0) is 17.2 Å². The Morgan fingerprint density at radius 2 is 2.04 bits per heavy atom. The molecule has 0 saturated carbocycles. The number of ether oxygens (including phenoxy) is 1. The molecule has 8 heteroatoms. The molecule has 0 bridgehead atoms. The van der Waals surface area contributed by atoms with Crippen LogP contribution in [0.4, 0.5) is 4.79 Å². The lowest BCUT2D eigenvalue weighted by atomic mass is 9.94. The number of carbonyl (C=O) groups excluding carboxylic acids is 4. The van der Waals surface area contributed by atoms with Crippen molar-refractivity contribution in [2.24, 2.45) is 0 Å². The highest BCUT2D eigenvalue weighted by atomic mass is 16.5. The van der Waals surface area contributed by atoms with E-state index in [0.29, 0.717) is 6.54 Å². The van der Waals surface area contributed by atoms with Gasteiger partial charge >= 0.3 is 12.0 Å². The highest BCUT2D eigenvalue weighted by Gasteiger charge is 2.30. The fourth-order valence-electron chi connectivity index (χ4n) is 3.06. The Hall–Kier alpha value is -3.16. The zero-order valence-corrected chi connectivity index (χ0v) is 14.3. The summed E-state index contributed by atoms with van der Waals surface area (Å²) in [5.41, 5.74) is 1.76. The second-order valence-electron chi connectivity index (χ2n) is 6.03. The zero-order valence-electron chi connectivity index (χ0n) is 14.3. The van der Waals surface area contributed by atoms with E-state index in [0.717, 1.165) is 16.0 Å². The maximum atomic E-state index is 12.2. The van der Waals surface area contributed by atoms with Crippen molar-refractivity contribution < 1.29 is 23.9 Å². The van der Waals surface area contributed by atoms with Crippen LogP contribution in [-0.4, -0.2) is 53.3 Å². The van der Waals surface area contributed by atoms with Crippen molar-refractivity contribution in [3.05, 3.63) is 41.6 Å². The van der Waals surface area contributed by atoms with Gasteiger partial charge in [-0.15, -0.1) is 0 Å². The van der Waals surface area contributed by atoms with Gasteiger partial charge in [0.2, 0.25) is 5.91 Å². The largest absolute Gasteiger partial charge is 0.455 e. The van der Waals surface area contributed by atoms with Crippen molar-refractivity contribution in [2.45, 2.75) is 19.4 Å². The quantitative estimate of drug-likeness (QED) is 0.813. The molecule has 1 fully saturated rings. The van der Waals surface area contributed by atoms with Gasteiger partial charge in [-0.1, -0.05) is 24.3 Å². The van der Waals surface area contributed by atoms with Gasteiger partial charge < -0.3 is 15.0 Å². The third kappa shape index (κ3) is 3.58. The van der Waals surface area contributed by atoms with Gasteiger partial charge in [0.25, 0.3) is 5.91 Å². The molecule has 4 amide bonds. The molecule has 3 rings (SSSR count). The molecular formula is C18H19N3O5. The van der Waals surface area contributed by atoms with Crippen molar-refractivity contribution >= 4 is 29.9 Å². The van der Waals surface area contributed by atoms with Gasteiger partial charge in [-0.2, -0.15) is 0 Å². The van der Waals surface area contributed by atoms with E-state index in [2.05, 4.69) is 5.32 Å². The van der Waals surface area contributed by atoms with Crippen LogP contribution >= 0.6 is 0 Å². The van der Waals surface area contributed by atoms with Crippen LogP contribution in [0.5, 0.6) is 0 Å². The van der Waals surface area contributed by atoms with Crippen LogP contribution in [0.1, 0.15) is 30.5 Å². The third-order valence-corrected chi connectivity index (χ3v) is 4.34. The Morgan fingerprint density at radius 1 is 1.27 bits per heavy atom. The first-order valence-corrected chi connectivity index (χ1v) is 8.27. The number of hydrogen-bond acceptors (Lipinski definition) is 5. The molecule has 2 heterocycles. The van der Waals surface area contributed by atoms with E-state index in [1.807, 2.05) is 30.3 Å². The fraction of sp³-hybridized carbons (Fsp3) is 0.333. The molecule has 1 atom stereocenters. The highest BCUT2D eigenvalue weighted by Crippen LogP contribution is 2.33. The van der Waals surface area contributed by atoms with Crippen molar-refractivity contribution in [1.82, 2.24) is 15.1 Å². The van der Waals surface area contributed by atoms with E-state index in [1.165, 1.54) is 11.8 Å². The number of benzene rings is 1. The maximum absolute atomic E-state index is 12.2. The Balaban J connectivity index is 1.65. The topological polar surface area (TPSA) is 96.0 Å². The Morgan fingerprint density at radius 3 is 2.73 bits per heavy atom. The lowest BCUT2D eigenvalue weighted by molar-refractivity contribution is -0.152. The first-order valence-electron chi connectivity index (χ1n) is 8.27. The van der Waals surface area contributed by atoms with E-state index >= 15 is 0 Å². The molecule has 0 aliphatic carbocycles. The smallest absolute Gasteiger partial charge is 0.324 e. The number of nitrogens with zero attached hydrogens (tertiary/aromatic N) is 2. The predicted octanol–water partition coefficient (Wildman–Crippen LogP) is 1.05. The maximum Gasteiger partial charge on any atom is 0.324 e. The Kier molecular flexibility index (Phi) is 5.01. The molecule has 2 aliphatic heterocycles. The number of urea groups is 1. The van der Waals surface area contributed by atoms with Crippen LogP contribution in [0.25, 0.3) is 6.08 Å². The molecule has 1 saturated heterocycles. The van der Waals surface area contributed by atoms with Crippen LogP contribution in [0, 0.1) is 0 Å². The number of amides is 4. The highest BCUT2D eigenvalue weighted by molar-refractivity contribution is 5.97. The molecule has 2 aliphatic rings. The minimum Gasteiger partial charge on any atom is -0.455 e. The van der Waals surface area contributed by atoms with E-state index in [9.17, 15) is 19.2 Å². The lowest BCUT2D eigenvalue weighted by Gasteiger charge is -2.32. The van der Waals surface area contributed by atoms with Gasteiger partial charge in [0.15, 0.2) is 6.61 Å². The first kappa shape index (κ1) is 17.7. The normalized spacial score (nSPS) is 18.3. The number of imide groups is 1. The number of esters is 1. The third-order valence-electron chi connectivity index (χ3n) is 4.34. The molecule has 0 aromatic heterocycles. The van der Waals surface area contributed by atoms with Gasteiger partial charge in [0.05, 0.1) is 12.5 Å². The molecule has 136 valence electrons. The Labute approximate surface area is 150 Å². The molecular weight excluding hydrogens is 338 g/mol. The van der Waals surface area contributed by atoms with Gasteiger partial charge in [-0.3, -0.25) is 19.3 Å². The second kappa shape index (κ2) is 7.38. The van der Waals surface area contributed by atoms with Crippen LogP contribution in [-0.2, 0) is 19.1 Å². The number of carbonyl (C=O) groups is 4. The summed E-state index contributed by atoms with van der Waals surface area (Å²) in [4.78, 5) is 50.0. The van der Waals surface area contributed by atoms with E-state index in [-0.39, 0.29) is 18.9 Å². The Bertz CT molecular complexity index is 789. The summed E-state index contributed by atoms with van der Waals surface area (Å²) in [6, 6.07) is 6.49. The predicted molar refractivity (Wildman–Crippen MR) is 91.4 cm³/mol. The number of hydrogen-bond donors (Lipinski definition) is 1. The molecule has 8 nitrogen and oxygen atoms in total. The summed E-state index contributed by atoms with van der Waals surface area (Å²) in [5, 5.41) is 2.51. The first-order chi connectivity index (χ1) is 12.5. The monoisotopic (exact) mass is 357 g/mol. The molecule has 1 aromatic carbocycles. The summed E-state index contributed by atoms with van der Waals surface area (Å²) in [6.07, 6.45) is 3.37. The summed E-state index contributed by atoms with van der Waals surface area (Å²) in [5.74, 6) is -1.38. The average molecular weight is 357 g/mol. The molecule has 1 N–H and O–H groups in total. The number of fused-ring (bicyclic) bond motifs is 1. The van der Waals surface area contributed by atoms with Crippen LogP contribution in [0.3, 0.4) is 0 Å². The number of rotatable bonds is 4. The van der Waals surface area contributed by atoms with Crippen LogP contribution < -0.4 is 5.32 Å². The van der Waals surface area contributed by atoms with Gasteiger partial charge in [0, 0.05) is 26.2 Å². The summed E-state index contributed by atoms with van der Waals surface area (Å²) < 4.78 is 5.04. The minimum atomic E-state index is -0.612. The SMILES string of the molecule is CC(=O)N1C=Cc2ccccc2[C@@H]1CC(=O)OCC(=O)N1CCNC1=O. The molecule has 0 spiro atoms. The zero-order chi connectivity index (χ0) is 18.7. The van der Waals surface area contributed by atoms with E-state index in [4.69, 9.17) is 4.74 Å². The standard InChI is InChI=1S/C18H19N3O5/c1-12(22)20-8-6-13-4-2-3-5-14(13)15(20)10-17(24)26-11-16(23)21-9-7-19-18(21)25/h2-6,8,15H,7,9-11H2,1H3,(H,19,25)/t15-/m0/s1. The van der Waals surface area contributed by atoms with Crippen LogP contribution in [0.2, 0.25) is 0 Å². The van der Waals surface area contributed by atoms with Crippen LogP contribution in [0.15, 0.2) is 30.5 Å². The van der Waals surface area contributed by atoms with E-state index < -0.39 is 30.6 Å². The van der Waals surface area contributed by atoms with E-state index in [1.54, 1.807) is 6.20 Å². The summed E-state index contributed by atoms with van der Waals surface area (Å²) in [7, 11) is 0. The minimum absolute atomic E-state index is 0.0829. The molecule has 26 heavy (non-hydrogen) atoms. The van der Waals surface area contributed by atoms with Crippen molar-refractivity contribution in [1.29, 1.82) is 0 Å². The van der Waals surface area contributed by atoms with Gasteiger partial charge in [0.1, 0.15) is 0 Å². The molecule has 1 aromatic rings. The average Bonchev–Trinajstić information content (AvgIpc) is 3.05. The lowest BCUT2D eigenvalue weighted by Crippen LogP contribution is -2.37.